The first kappa shape index (κ1) is 6.01. The summed E-state index contributed by atoms with van der Waals surface area (Å²) in [6.07, 6.45) is 3.06. The van der Waals surface area contributed by atoms with Crippen LogP contribution in [0.5, 0.6) is 0 Å². The van der Waals surface area contributed by atoms with Gasteiger partial charge in [0.15, 0.2) is 7.85 Å². The van der Waals surface area contributed by atoms with Crippen LogP contribution in [0.25, 0.3) is 0 Å². The molecule has 0 aromatic carbocycles. The highest BCUT2D eigenvalue weighted by molar-refractivity contribution is 6.62. The quantitative estimate of drug-likeness (QED) is 0.498. The van der Waals surface area contributed by atoms with Crippen molar-refractivity contribution in [1.82, 2.24) is 4.98 Å². The second-order valence-electron chi connectivity index (χ2n) is 1.60. The molecule has 0 N–H and O–H groups in total. The van der Waals surface area contributed by atoms with Gasteiger partial charge in [-0.15, -0.1) is 0 Å². The molecule has 2 nitrogen and oxygen atoms in total. The summed E-state index contributed by atoms with van der Waals surface area (Å²) in [4.78, 5) is 14.1. The SMILES string of the molecule is [B]C(=O)c1ccncc1. The van der Waals surface area contributed by atoms with Crippen LogP contribution in [0, 0.1) is 0 Å². The van der Waals surface area contributed by atoms with E-state index in [1.807, 2.05) is 0 Å². The minimum absolute atomic E-state index is 0.419. The standard InChI is InChI=1S/C6H4BNO/c7-6(9)5-1-3-8-4-2-5/h1-4H. The number of pyridine rings is 1. The van der Waals surface area contributed by atoms with Gasteiger partial charge in [0.1, 0.15) is 5.68 Å². The van der Waals surface area contributed by atoms with E-state index in [-0.39, 0.29) is 0 Å². The van der Waals surface area contributed by atoms with Crippen LogP contribution in [0.15, 0.2) is 24.5 Å². The summed E-state index contributed by atoms with van der Waals surface area (Å²) in [7, 11) is 4.95. The van der Waals surface area contributed by atoms with E-state index < -0.39 is 5.68 Å². The molecule has 1 rings (SSSR count). The average Bonchev–Trinajstić information content (AvgIpc) is 1.90. The number of hydrogen-bond donors (Lipinski definition) is 0. The minimum atomic E-state index is -0.419. The molecule has 0 aliphatic rings. The Bertz CT molecular complexity index is 210. The number of hydrogen-bond acceptors (Lipinski definition) is 2. The van der Waals surface area contributed by atoms with E-state index in [9.17, 15) is 4.79 Å². The third-order valence-corrected chi connectivity index (χ3v) is 0.965. The Hall–Kier alpha value is -1.12. The topological polar surface area (TPSA) is 30.0 Å². The van der Waals surface area contributed by atoms with Gasteiger partial charge in [-0.3, -0.25) is 4.98 Å². The van der Waals surface area contributed by atoms with Crippen LogP contribution in [0.3, 0.4) is 0 Å². The van der Waals surface area contributed by atoms with Crippen molar-refractivity contribution in [2.45, 2.75) is 0 Å². The lowest BCUT2D eigenvalue weighted by atomic mass is 9.96. The van der Waals surface area contributed by atoms with Crippen molar-refractivity contribution >= 4 is 13.5 Å². The number of nitrogens with zero attached hydrogens (tertiary/aromatic N) is 1. The van der Waals surface area contributed by atoms with E-state index in [4.69, 9.17) is 7.85 Å². The molecule has 0 fully saturated rings. The van der Waals surface area contributed by atoms with Gasteiger partial charge in [0, 0.05) is 18.0 Å². The molecule has 0 unspecified atom stereocenters. The lowest BCUT2D eigenvalue weighted by molar-refractivity contribution is 0.108. The zero-order valence-electron chi connectivity index (χ0n) is 4.74. The molecule has 1 aromatic rings. The summed E-state index contributed by atoms with van der Waals surface area (Å²) in [5, 5.41) is 0. The van der Waals surface area contributed by atoms with Gasteiger partial charge >= 0.3 is 0 Å². The predicted octanol–water partition coefficient (Wildman–Crippen LogP) is 0.390. The predicted molar refractivity (Wildman–Crippen MR) is 34.3 cm³/mol. The van der Waals surface area contributed by atoms with Crippen molar-refractivity contribution in [3.63, 3.8) is 0 Å². The van der Waals surface area contributed by atoms with Crippen LogP contribution >= 0.6 is 0 Å². The summed E-state index contributed by atoms with van der Waals surface area (Å²) in [5.41, 5.74) is 0.0717. The molecule has 0 atom stereocenters. The summed E-state index contributed by atoms with van der Waals surface area (Å²) < 4.78 is 0. The van der Waals surface area contributed by atoms with E-state index in [1.54, 1.807) is 12.1 Å². The number of rotatable bonds is 1. The van der Waals surface area contributed by atoms with Crippen LogP contribution in [-0.2, 0) is 0 Å². The first-order valence-electron chi connectivity index (χ1n) is 2.50. The van der Waals surface area contributed by atoms with Gasteiger partial charge in [0.05, 0.1) is 0 Å². The fraction of sp³-hybridized carbons (Fsp3) is 0. The van der Waals surface area contributed by atoms with Crippen LogP contribution < -0.4 is 0 Å². The number of aromatic nitrogens is 1. The Morgan fingerprint density at radius 3 is 2.33 bits per heavy atom. The summed E-state index contributed by atoms with van der Waals surface area (Å²) in [5.74, 6) is 0. The molecule has 1 aromatic heterocycles. The molecule has 3 heteroatoms. The van der Waals surface area contributed by atoms with Crippen LogP contribution in [0.2, 0.25) is 0 Å². The highest BCUT2D eigenvalue weighted by Gasteiger charge is 1.92. The van der Waals surface area contributed by atoms with E-state index in [0.29, 0.717) is 5.56 Å². The van der Waals surface area contributed by atoms with Crippen LogP contribution in [0.4, 0.5) is 0 Å². The van der Waals surface area contributed by atoms with E-state index in [2.05, 4.69) is 4.98 Å². The Kier molecular flexibility index (Phi) is 1.63. The summed E-state index contributed by atoms with van der Waals surface area (Å²) >= 11 is 0. The fourth-order valence-electron chi connectivity index (χ4n) is 0.516. The van der Waals surface area contributed by atoms with Gasteiger partial charge in [0.25, 0.3) is 0 Å². The second-order valence-corrected chi connectivity index (χ2v) is 1.60. The lowest BCUT2D eigenvalue weighted by Crippen LogP contribution is -1.95. The zero-order valence-corrected chi connectivity index (χ0v) is 4.74. The maximum atomic E-state index is 10.4. The van der Waals surface area contributed by atoms with Gasteiger partial charge in [-0.1, -0.05) is 0 Å². The van der Waals surface area contributed by atoms with Crippen molar-refractivity contribution in [3.8, 4) is 0 Å². The molecule has 9 heavy (non-hydrogen) atoms. The summed E-state index contributed by atoms with van der Waals surface area (Å²) in [6.45, 7) is 0. The van der Waals surface area contributed by atoms with Crippen molar-refractivity contribution in [3.05, 3.63) is 30.1 Å². The van der Waals surface area contributed by atoms with Crippen molar-refractivity contribution in [2.75, 3.05) is 0 Å². The molecule has 0 spiro atoms. The van der Waals surface area contributed by atoms with Gasteiger partial charge in [-0.25, -0.2) is 0 Å². The van der Waals surface area contributed by atoms with Crippen LogP contribution in [-0.4, -0.2) is 18.5 Å². The number of carbonyl (C=O) groups is 1. The Morgan fingerprint density at radius 1 is 1.44 bits per heavy atom. The lowest BCUT2D eigenvalue weighted by Gasteiger charge is -1.89. The average molecular weight is 117 g/mol. The highest BCUT2D eigenvalue weighted by atomic mass is 16.1. The van der Waals surface area contributed by atoms with E-state index in [0.717, 1.165) is 0 Å². The highest BCUT2D eigenvalue weighted by Crippen LogP contribution is 1.93. The molecule has 0 saturated carbocycles. The van der Waals surface area contributed by atoms with E-state index >= 15 is 0 Å². The Morgan fingerprint density at radius 2 is 2.00 bits per heavy atom. The first-order valence-corrected chi connectivity index (χ1v) is 2.50. The van der Waals surface area contributed by atoms with E-state index in [1.165, 1.54) is 12.4 Å². The maximum Gasteiger partial charge on any atom is 0.175 e. The maximum absolute atomic E-state index is 10.4. The number of carbonyl (C=O) groups excluding carboxylic acids is 1. The summed E-state index contributed by atoms with van der Waals surface area (Å²) in [6, 6.07) is 3.14. The second kappa shape index (κ2) is 2.44. The van der Waals surface area contributed by atoms with Gasteiger partial charge in [0.2, 0.25) is 0 Å². The molecule has 0 aliphatic heterocycles. The molecular weight excluding hydrogens is 113 g/mol. The van der Waals surface area contributed by atoms with Gasteiger partial charge in [-0.2, -0.15) is 0 Å². The normalized spacial score (nSPS) is 8.89. The minimum Gasteiger partial charge on any atom is -0.307 e. The molecule has 42 valence electrons. The third kappa shape index (κ3) is 1.39. The Balaban J connectivity index is 2.98. The first-order chi connectivity index (χ1) is 4.30. The molecule has 2 radical (unpaired) electrons. The van der Waals surface area contributed by atoms with Crippen molar-refractivity contribution in [1.29, 1.82) is 0 Å². The smallest absolute Gasteiger partial charge is 0.175 e. The van der Waals surface area contributed by atoms with Crippen molar-refractivity contribution in [2.24, 2.45) is 0 Å². The van der Waals surface area contributed by atoms with Crippen LogP contribution in [0.1, 0.15) is 10.4 Å². The molecule has 1 heterocycles. The monoisotopic (exact) mass is 117 g/mol. The molecular formula is C6H4BNO. The fourth-order valence-corrected chi connectivity index (χ4v) is 0.516. The van der Waals surface area contributed by atoms with Crippen molar-refractivity contribution < 1.29 is 4.79 Å². The Labute approximate surface area is 54.3 Å². The largest absolute Gasteiger partial charge is 0.307 e. The third-order valence-electron chi connectivity index (χ3n) is 0.965. The molecule has 0 bridgehead atoms. The zero-order chi connectivity index (χ0) is 6.69. The van der Waals surface area contributed by atoms with Gasteiger partial charge in [-0.05, 0) is 12.1 Å². The molecule has 0 amide bonds. The van der Waals surface area contributed by atoms with Gasteiger partial charge < -0.3 is 4.79 Å². The molecule has 0 saturated heterocycles. The molecule has 0 aliphatic carbocycles.